The molecule has 1 rings (SSSR count). The van der Waals surface area contributed by atoms with E-state index in [0.29, 0.717) is 11.1 Å². The molecule has 14 heavy (non-hydrogen) atoms. The molecule has 0 aliphatic carbocycles. The zero-order valence-electron chi connectivity index (χ0n) is 9.20. The number of nitrogens with zero attached hydrogens (tertiary/aromatic N) is 2. The standard InChI is InChI=1S/C8H4N2.2C2H6/c9-5-7-3-1-2-4-8(7)6-10;2*1-2/h1-4H;2*1-2H3. The summed E-state index contributed by atoms with van der Waals surface area (Å²) in [4.78, 5) is 0. The Bertz CT molecular complexity index is 283. The molecule has 0 radical (unpaired) electrons. The Morgan fingerprint density at radius 1 is 0.786 bits per heavy atom. The third-order valence-electron chi connectivity index (χ3n) is 1.17. The third-order valence-corrected chi connectivity index (χ3v) is 1.17. The van der Waals surface area contributed by atoms with E-state index in [0.717, 1.165) is 0 Å². The SMILES string of the molecule is CC.CC.N#Cc1ccccc1C#N. The molecule has 0 fully saturated rings. The Kier molecular flexibility index (Phi) is 11.8. The van der Waals surface area contributed by atoms with Gasteiger partial charge >= 0.3 is 0 Å². The molecular weight excluding hydrogens is 172 g/mol. The van der Waals surface area contributed by atoms with Crippen molar-refractivity contribution in [3.05, 3.63) is 35.4 Å². The molecule has 74 valence electrons. The Labute approximate surface area is 86.4 Å². The Morgan fingerprint density at radius 2 is 1.07 bits per heavy atom. The fourth-order valence-electron chi connectivity index (χ4n) is 0.678. The number of rotatable bonds is 0. The monoisotopic (exact) mass is 188 g/mol. The van der Waals surface area contributed by atoms with Gasteiger partial charge in [0, 0.05) is 0 Å². The average molecular weight is 188 g/mol. The fourth-order valence-corrected chi connectivity index (χ4v) is 0.678. The van der Waals surface area contributed by atoms with E-state index in [1.165, 1.54) is 0 Å². The number of hydrogen-bond acceptors (Lipinski definition) is 2. The first-order valence-corrected chi connectivity index (χ1v) is 4.77. The summed E-state index contributed by atoms with van der Waals surface area (Å²) in [5, 5.41) is 16.9. The zero-order valence-corrected chi connectivity index (χ0v) is 9.20. The van der Waals surface area contributed by atoms with Gasteiger partial charge in [0.2, 0.25) is 0 Å². The Morgan fingerprint density at radius 3 is 1.29 bits per heavy atom. The van der Waals surface area contributed by atoms with Crippen LogP contribution in [0.2, 0.25) is 0 Å². The maximum absolute atomic E-state index is 8.45. The van der Waals surface area contributed by atoms with Crippen molar-refractivity contribution >= 4 is 0 Å². The van der Waals surface area contributed by atoms with E-state index in [-0.39, 0.29) is 0 Å². The first-order valence-electron chi connectivity index (χ1n) is 4.77. The van der Waals surface area contributed by atoms with E-state index in [4.69, 9.17) is 10.5 Å². The second kappa shape index (κ2) is 11.2. The molecule has 0 N–H and O–H groups in total. The third kappa shape index (κ3) is 4.95. The van der Waals surface area contributed by atoms with Crippen molar-refractivity contribution < 1.29 is 0 Å². The van der Waals surface area contributed by atoms with Crippen LogP contribution in [-0.4, -0.2) is 0 Å². The van der Waals surface area contributed by atoms with Crippen molar-refractivity contribution in [1.82, 2.24) is 0 Å². The van der Waals surface area contributed by atoms with Crippen molar-refractivity contribution in [2.75, 3.05) is 0 Å². The molecule has 0 aliphatic rings. The first kappa shape index (κ1) is 14.7. The fraction of sp³-hybridized carbons (Fsp3) is 0.333. The van der Waals surface area contributed by atoms with Crippen LogP contribution < -0.4 is 0 Å². The van der Waals surface area contributed by atoms with Crippen LogP contribution in [0.25, 0.3) is 0 Å². The van der Waals surface area contributed by atoms with Crippen LogP contribution in [0, 0.1) is 22.7 Å². The summed E-state index contributed by atoms with van der Waals surface area (Å²) in [6.45, 7) is 8.00. The van der Waals surface area contributed by atoms with Crippen LogP contribution >= 0.6 is 0 Å². The van der Waals surface area contributed by atoms with Gasteiger partial charge in [0.15, 0.2) is 0 Å². The molecule has 2 nitrogen and oxygen atoms in total. The Balaban J connectivity index is 0. The van der Waals surface area contributed by atoms with Gasteiger partial charge in [-0.25, -0.2) is 0 Å². The van der Waals surface area contributed by atoms with E-state index < -0.39 is 0 Å². The molecule has 0 heterocycles. The summed E-state index contributed by atoms with van der Waals surface area (Å²) in [5.74, 6) is 0. The topological polar surface area (TPSA) is 47.6 Å². The van der Waals surface area contributed by atoms with Crippen LogP contribution in [0.5, 0.6) is 0 Å². The number of nitriles is 2. The van der Waals surface area contributed by atoms with E-state index in [2.05, 4.69) is 0 Å². The molecule has 0 aromatic heterocycles. The molecule has 1 aromatic carbocycles. The first-order chi connectivity index (χ1) is 6.88. The molecule has 0 saturated heterocycles. The lowest BCUT2D eigenvalue weighted by molar-refractivity contribution is 1.43. The van der Waals surface area contributed by atoms with E-state index in [1.54, 1.807) is 24.3 Å². The van der Waals surface area contributed by atoms with Gasteiger partial charge < -0.3 is 0 Å². The predicted octanol–water partition coefficient (Wildman–Crippen LogP) is 3.48. The smallest absolute Gasteiger partial charge is 0.101 e. The summed E-state index contributed by atoms with van der Waals surface area (Å²) in [6.07, 6.45) is 0. The van der Waals surface area contributed by atoms with Gasteiger partial charge in [0.25, 0.3) is 0 Å². The minimum absolute atomic E-state index is 0.435. The van der Waals surface area contributed by atoms with Crippen molar-refractivity contribution in [1.29, 1.82) is 10.5 Å². The van der Waals surface area contributed by atoms with E-state index >= 15 is 0 Å². The van der Waals surface area contributed by atoms with Gasteiger partial charge in [0.1, 0.15) is 12.1 Å². The van der Waals surface area contributed by atoms with Crippen LogP contribution in [0.4, 0.5) is 0 Å². The molecule has 0 unspecified atom stereocenters. The summed E-state index contributed by atoms with van der Waals surface area (Å²) < 4.78 is 0. The number of hydrogen-bond donors (Lipinski definition) is 0. The lowest BCUT2D eigenvalue weighted by Crippen LogP contribution is -1.79. The highest BCUT2D eigenvalue weighted by Crippen LogP contribution is 2.03. The van der Waals surface area contributed by atoms with Crippen LogP contribution in [0.15, 0.2) is 24.3 Å². The summed E-state index contributed by atoms with van der Waals surface area (Å²) in [7, 11) is 0. The van der Waals surface area contributed by atoms with E-state index in [1.807, 2.05) is 39.8 Å². The molecule has 0 saturated carbocycles. The minimum atomic E-state index is 0.435. The molecular formula is C12H16N2. The predicted molar refractivity (Wildman–Crippen MR) is 58.6 cm³/mol. The minimum Gasteiger partial charge on any atom is -0.192 e. The van der Waals surface area contributed by atoms with Crippen LogP contribution in [0.1, 0.15) is 38.8 Å². The lowest BCUT2D eigenvalue weighted by atomic mass is 10.1. The van der Waals surface area contributed by atoms with Gasteiger partial charge in [0.05, 0.1) is 11.1 Å². The molecule has 0 bridgehead atoms. The molecule has 0 atom stereocenters. The maximum atomic E-state index is 8.45. The Hall–Kier alpha value is -1.80. The van der Waals surface area contributed by atoms with Gasteiger partial charge in [-0.2, -0.15) is 10.5 Å². The van der Waals surface area contributed by atoms with Gasteiger partial charge in [-0.05, 0) is 12.1 Å². The quantitative estimate of drug-likeness (QED) is 0.625. The van der Waals surface area contributed by atoms with Crippen molar-refractivity contribution in [2.24, 2.45) is 0 Å². The van der Waals surface area contributed by atoms with E-state index in [9.17, 15) is 0 Å². The molecule has 0 amide bonds. The largest absolute Gasteiger partial charge is 0.192 e. The van der Waals surface area contributed by atoms with Crippen molar-refractivity contribution in [3.63, 3.8) is 0 Å². The molecule has 0 spiro atoms. The molecule has 1 aromatic rings. The van der Waals surface area contributed by atoms with Gasteiger partial charge in [-0.15, -0.1) is 0 Å². The summed E-state index contributed by atoms with van der Waals surface area (Å²) in [5.41, 5.74) is 0.870. The second-order valence-electron chi connectivity index (χ2n) is 1.77. The average Bonchev–Trinajstić information content (AvgIpc) is 2.34. The highest BCUT2D eigenvalue weighted by Gasteiger charge is 1.95. The lowest BCUT2D eigenvalue weighted by Gasteiger charge is -1.88. The van der Waals surface area contributed by atoms with Gasteiger partial charge in [-0.1, -0.05) is 39.8 Å². The van der Waals surface area contributed by atoms with Gasteiger partial charge in [-0.3, -0.25) is 0 Å². The van der Waals surface area contributed by atoms with Crippen LogP contribution in [0.3, 0.4) is 0 Å². The number of benzene rings is 1. The normalized spacial score (nSPS) is 6.43. The highest BCUT2D eigenvalue weighted by atomic mass is 14.3. The summed E-state index contributed by atoms with van der Waals surface area (Å²) >= 11 is 0. The maximum Gasteiger partial charge on any atom is 0.101 e. The highest BCUT2D eigenvalue weighted by molar-refractivity contribution is 5.44. The molecule has 2 heteroatoms. The molecule has 0 aliphatic heterocycles. The second-order valence-corrected chi connectivity index (χ2v) is 1.77. The summed E-state index contributed by atoms with van der Waals surface area (Å²) in [6, 6.07) is 10.6. The van der Waals surface area contributed by atoms with Crippen molar-refractivity contribution in [2.45, 2.75) is 27.7 Å². The van der Waals surface area contributed by atoms with Crippen molar-refractivity contribution in [3.8, 4) is 12.1 Å². The zero-order chi connectivity index (χ0) is 11.4. The van der Waals surface area contributed by atoms with Crippen LogP contribution in [-0.2, 0) is 0 Å².